The molecule has 0 bridgehead atoms. The summed E-state index contributed by atoms with van der Waals surface area (Å²) in [5, 5.41) is 3.37. The van der Waals surface area contributed by atoms with Crippen molar-refractivity contribution >= 4 is 17.8 Å². The molecule has 1 fully saturated rings. The van der Waals surface area contributed by atoms with E-state index in [0.29, 0.717) is 19.4 Å². The molecule has 0 spiro atoms. The second-order valence-electron chi connectivity index (χ2n) is 17.5. The molecular formula is C49H93N3O4. The van der Waals surface area contributed by atoms with E-state index in [0.717, 1.165) is 83.6 Å². The lowest BCUT2D eigenvalue weighted by Gasteiger charge is -2.32. The molecule has 0 aromatic rings. The summed E-state index contributed by atoms with van der Waals surface area (Å²) < 4.78 is 5.57. The SMILES string of the molecule is CCCCCCCC/C=C\CCCCCCCC(C(=O)NC1CCCCCC1)N(CCCN(C)C)C(=O)COC(=O)CCCCCCCCCCCCCCC. The number of hydrogen-bond acceptors (Lipinski definition) is 5. The lowest BCUT2D eigenvalue weighted by Crippen LogP contribution is -2.53. The van der Waals surface area contributed by atoms with Crippen LogP contribution in [0.3, 0.4) is 0 Å². The quantitative estimate of drug-likeness (QED) is 0.0292. The molecule has 56 heavy (non-hydrogen) atoms. The number of carbonyl (C=O) groups is 3. The van der Waals surface area contributed by atoms with Crippen molar-refractivity contribution < 1.29 is 19.1 Å². The van der Waals surface area contributed by atoms with E-state index in [1.54, 1.807) is 4.90 Å². The van der Waals surface area contributed by atoms with Crippen molar-refractivity contribution in [3.05, 3.63) is 12.2 Å². The van der Waals surface area contributed by atoms with Crippen LogP contribution in [0.1, 0.15) is 239 Å². The van der Waals surface area contributed by atoms with Crippen molar-refractivity contribution in [1.29, 1.82) is 0 Å². The molecule has 7 nitrogen and oxygen atoms in total. The fourth-order valence-corrected chi connectivity index (χ4v) is 8.15. The summed E-state index contributed by atoms with van der Waals surface area (Å²) >= 11 is 0. The van der Waals surface area contributed by atoms with Gasteiger partial charge < -0.3 is 19.9 Å². The fraction of sp³-hybridized carbons (Fsp3) is 0.898. The van der Waals surface area contributed by atoms with Gasteiger partial charge in [-0.05, 0) is 78.4 Å². The minimum atomic E-state index is -0.530. The Labute approximate surface area is 347 Å². The Kier molecular flexibility index (Phi) is 35.9. The number of ether oxygens (including phenoxy) is 1. The van der Waals surface area contributed by atoms with Crippen molar-refractivity contribution in [2.45, 2.75) is 251 Å². The molecule has 328 valence electrons. The minimum absolute atomic E-state index is 0.0242. The maximum absolute atomic E-state index is 14.0. The largest absolute Gasteiger partial charge is 0.456 e. The van der Waals surface area contributed by atoms with Crippen LogP contribution in [0.25, 0.3) is 0 Å². The Morgan fingerprint density at radius 1 is 0.589 bits per heavy atom. The first-order valence-electron chi connectivity index (χ1n) is 24.4. The van der Waals surface area contributed by atoms with Gasteiger partial charge in [0.2, 0.25) is 5.91 Å². The fourth-order valence-electron chi connectivity index (χ4n) is 8.15. The summed E-state index contributed by atoms with van der Waals surface area (Å²) in [5.74, 6) is -0.563. The third-order valence-electron chi connectivity index (χ3n) is 11.8. The lowest BCUT2D eigenvalue weighted by molar-refractivity contribution is -0.154. The van der Waals surface area contributed by atoms with Gasteiger partial charge >= 0.3 is 5.97 Å². The highest BCUT2D eigenvalue weighted by atomic mass is 16.5. The molecule has 0 aliphatic heterocycles. The average Bonchev–Trinajstić information content (AvgIpc) is 3.46. The molecule has 1 aliphatic carbocycles. The van der Waals surface area contributed by atoms with E-state index in [-0.39, 0.29) is 30.4 Å². The number of nitrogens with zero attached hydrogens (tertiary/aromatic N) is 2. The molecule has 7 heteroatoms. The van der Waals surface area contributed by atoms with E-state index in [4.69, 9.17) is 4.74 Å². The third kappa shape index (κ3) is 31.1. The van der Waals surface area contributed by atoms with Crippen LogP contribution in [0.4, 0.5) is 0 Å². The number of allylic oxidation sites excluding steroid dienone is 2. The van der Waals surface area contributed by atoms with Crippen LogP contribution < -0.4 is 5.32 Å². The van der Waals surface area contributed by atoms with E-state index in [9.17, 15) is 14.4 Å². The Morgan fingerprint density at radius 2 is 1.05 bits per heavy atom. The van der Waals surface area contributed by atoms with Crippen molar-refractivity contribution in [1.82, 2.24) is 15.1 Å². The van der Waals surface area contributed by atoms with Crippen LogP contribution in [0.15, 0.2) is 12.2 Å². The number of unbranched alkanes of at least 4 members (excludes halogenated alkanes) is 23. The van der Waals surface area contributed by atoms with E-state index >= 15 is 0 Å². The van der Waals surface area contributed by atoms with Gasteiger partial charge in [-0.15, -0.1) is 0 Å². The molecule has 0 radical (unpaired) electrons. The highest BCUT2D eigenvalue weighted by Gasteiger charge is 2.31. The second-order valence-corrected chi connectivity index (χ2v) is 17.5. The molecule has 1 aliphatic rings. The standard InChI is InChI=1S/C49H93N3O4/c1-5-7-9-11-13-15-17-19-20-22-23-25-27-29-35-40-46(49(55)50-45-38-33-31-32-34-39-45)52(43-37-42-51(3)4)47(53)44-56-48(54)41-36-30-28-26-24-21-18-16-14-12-10-8-6-2/h19-20,45-46H,5-18,21-44H2,1-4H3,(H,50,55)/b20-19-. The Hall–Kier alpha value is -1.89. The highest BCUT2D eigenvalue weighted by Crippen LogP contribution is 2.20. The Balaban J connectivity index is 2.58. The summed E-state index contributed by atoms with van der Waals surface area (Å²) in [6.45, 7) is 5.57. The van der Waals surface area contributed by atoms with Crippen molar-refractivity contribution in [3.8, 4) is 0 Å². The molecule has 1 saturated carbocycles. The summed E-state index contributed by atoms with van der Waals surface area (Å²) in [5.41, 5.74) is 0. The summed E-state index contributed by atoms with van der Waals surface area (Å²) in [7, 11) is 4.07. The van der Waals surface area contributed by atoms with E-state index < -0.39 is 6.04 Å². The maximum atomic E-state index is 14.0. The van der Waals surface area contributed by atoms with Gasteiger partial charge in [0.15, 0.2) is 6.61 Å². The van der Waals surface area contributed by atoms with E-state index in [2.05, 4.69) is 36.2 Å². The zero-order valence-corrected chi connectivity index (χ0v) is 37.7. The number of esters is 1. The molecule has 0 heterocycles. The minimum Gasteiger partial charge on any atom is -0.456 e. The molecule has 1 rings (SSSR count). The number of amides is 2. The smallest absolute Gasteiger partial charge is 0.306 e. The van der Waals surface area contributed by atoms with Crippen LogP contribution in [0.2, 0.25) is 0 Å². The number of rotatable bonds is 38. The van der Waals surface area contributed by atoms with Gasteiger partial charge in [0.1, 0.15) is 6.04 Å². The van der Waals surface area contributed by atoms with Gasteiger partial charge in [-0.1, -0.05) is 187 Å². The zero-order chi connectivity index (χ0) is 40.7. The molecule has 1 unspecified atom stereocenters. The lowest BCUT2D eigenvalue weighted by atomic mass is 10.0. The topological polar surface area (TPSA) is 79.0 Å². The summed E-state index contributed by atoms with van der Waals surface area (Å²) in [6.07, 6.45) is 45.6. The van der Waals surface area contributed by atoms with Gasteiger partial charge in [0.05, 0.1) is 0 Å². The Morgan fingerprint density at radius 3 is 1.55 bits per heavy atom. The van der Waals surface area contributed by atoms with Crippen molar-refractivity contribution in [2.24, 2.45) is 0 Å². The first-order chi connectivity index (χ1) is 27.4. The highest BCUT2D eigenvalue weighted by molar-refractivity contribution is 5.89. The number of nitrogens with one attached hydrogen (secondary N) is 1. The normalized spacial score (nSPS) is 14.3. The van der Waals surface area contributed by atoms with E-state index in [1.165, 1.54) is 135 Å². The molecule has 1 atom stereocenters. The van der Waals surface area contributed by atoms with Crippen LogP contribution in [0.5, 0.6) is 0 Å². The number of carbonyl (C=O) groups excluding carboxylic acids is 3. The van der Waals surface area contributed by atoms with Crippen LogP contribution in [-0.2, 0) is 19.1 Å². The van der Waals surface area contributed by atoms with Gasteiger partial charge in [-0.25, -0.2) is 0 Å². The maximum Gasteiger partial charge on any atom is 0.306 e. The summed E-state index contributed by atoms with van der Waals surface area (Å²) in [4.78, 5) is 44.4. The van der Waals surface area contributed by atoms with Crippen molar-refractivity contribution in [3.63, 3.8) is 0 Å². The first kappa shape index (κ1) is 52.1. The molecule has 0 aromatic carbocycles. The molecule has 0 saturated heterocycles. The van der Waals surface area contributed by atoms with Crippen molar-refractivity contribution in [2.75, 3.05) is 33.8 Å². The molecule has 1 N–H and O–H groups in total. The molecule has 0 aromatic heterocycles. The monoisotopic (exact) mass is 788 g/mol. The number of hydrogen-bond donors (Lipinski definition) is 1. The van der Waals surface area contributed by atoms with Crippen LogP contribution >= 0.6 is 0 Å². The predicted octanol–water partition coefficient (Wildman–Crippen LogP) is 13.0. The predicted molar refractivity (Wildman–Crippen MR) is 239 cm³/mol. The Bertz CT molecular complexity index is 946. The third-order valence-corrected chi connectivity index (χ3v) is 11.8. The summed E-state index contributed by atoms with van der Waals surface area (Å²) in [6, 6.07) is -0.351. The molecular weight excluding hydrogens is 695 g/mol. The van der Waals surface area contributed by atoms with Crippen LogP contribution in [-0.4, -0.2) is 73.5 Å². The van der Waals surface area contributed by atoms with Gasteiger partial charge in [-0.3, -0.25) is 14.4 Å². The zero-order valence-electron chi connectivity index (χ0n) is 37.7. The van der Waals surface area contributed by atoms with Gasteiger partial charge in [0.25, 0.3) is 5.91 Å². The second kappa shape index (κ2) is 38.6. The van der Waals surface area contributed by atoms with Gasteiger partial charge in [-0.2, -0.15) is 0 Å². The molecule has 2 amide bonds. The van der Waals surface area contributed by atoms with Crippen LogP contribution in [0, 0.1) is 0 Å². The first-order valence-corrected chi connectivity index (χ1v) is 24.4. The van der Waals surface area contributed by atoms with Gasteiger partial charge in [0, 0.05) is 19.0 Å². The average molecular weight is 788 g/mol. The van der Waals surface area contributed by atoms with E-state index in [1.807, 2.05) is 14.1 Å².